The molecule has 0 amide bonds. The summed E-state index contributed by atoms with van der Waals surface area (Å²) in [6.45, 7) is 2.06. The Morgan fingerprint density at radius 1 is 1.14 bits per heavy atom. The Balaban J connectivity index is 1.99. The number of para-hydroxylation sites is 1. The summed E-state index contributed by atoms with van der Waals surface area (Å²) in [5.74, 6) is 0.791. The van der Waals surface area contributed by atoms with Gasteiger partial charge in [0.05, 0.1) is 25.0 Å². The van der Waals surface area contributed by atoms with Crippen LogP contribution in [0.4, 0.5) is 5.95 Å². The average molecular weight is 376 g/mol. The highest BCUT2D eigenvalue weighted by Gasteiger charge is 2.37. The highest BCUT2D eigenvalue weighted by molar-refractivity contribution is 6.02. The number of aromatic nitrogens is 3. The summed E-state index contributed by atoms with van der Waals surface area (Å²) in [4.78, 5) is 17.4. The molecule has 7 heteroatoms. The molecule has 142 valence electrons. The minimum atomic E-state index is -0.538. The zero-order valence-corrected chi connectivity index (χ0v) is 15.6. The van der Waals surface area contributed by atoms with Crippen LogP contribution in [-0.2, 0) is 9.53 Å². The smallest absolute Gasteiger partial charge is 0.338 e. The van der Waals surface area contributed by atoms with Crippen molar-refractivity contribution in [2.45, 2.75) is 13.0 Å². The van der Waals surface area contributed by atoms with Crippen molar-refractivity contribution in [2.75, 3.05) is 19.0 Å². The fourth-order valence-corrected chi connectivity index (χ4v) is 3.40. The predicted octanol–water partition coefficient (Wildman–Crippen LogP) is 3.28. The van der Waals surface area contributed by atoms with Crippen molar-refractivity contribution in [1.82, 2.24) is 14.8 Å². The van der Waals surface area contributed by atoms with Crippen molar-refractivity contribution in [3.05, 3.63) is 77.6 Å². The third-order valence-corrected chi connectivity index (χ3v) is 4.59. The minimum absolute atomic E-state index is 0.271. The molecule has 0 spiro atoms. The van der Waals surface area contributed by atoms with E-state index in [1.807, 2.05) is 54.6 Å². The molecule has 0 unspecified atom stereocenters. The molecule has 0 bridgehead atoms. The van der Waals surface area contributed by atoms with Gasteiger partial charge in [0, 0.05) is 5.56 Å². The number of hydrogen-bond acceptors (Lipinski definition) is 6. The number of fused-ring (bicyclic) bond motifs is 1. The number of ether oxygens (including phenoxy) is 2. The summed E-state index contributed by atoms with van der Waals surface area (Å²) in [6, 6.07) is 16.7. The summed E-state index contributed by atoms with van der Waals surface area (Å²) < 4.78 is 12.7. The number of benzene rings is 2. The summed E-state index contributed by atoms with van der Waals surface area (Å²) in [5.41, 5.74) is 2.76. The van der Waals surface area contributed by atoms with Crippen LogP contribution in [0.15, 0.2) is 66.5 Å². The minimum Gasteiger partial charge on any atom is -0.496 e. The Morgan fingerprint density at radius 2 is 1.89 bits per heavy atom. The quantitative estimate of drug-likeness (QED) is 0.689. The zero-order valence-electron chi connectivity index (χ0n) is 15.6. The van der Waals surface area contributed by atoms with Crippen molar-refractivity contribution in [3.8, 4) is 5.75 Å². The predicted molar refractivity (Wildman–Crippen MR) is 105 cm³/mol. The maximum absolute atomic E-state index is 13.1. The Kier molecular flexibility index (Phi) is 4.80. The lowest BCUT2D eigenvalue weighted by atomic mass is 9.92. The summed E-state index contributed by atoms with van der Waals surface area (Å²) in [5, 5.41) is 7.60. The Hall–Kier alpha value is -3.61. The van der Waals surface area contributed by atoms with Crippen LogP contribution in [0.1, 0.15) is 24.1 Å². The molecule has 1 aliphatic rings. The lowest BCUT2D eigenvalue weighted by Crippen LogP contribution is -2.30. The molecule has 0 aliphatic carbocycles. The van der Waals surface area contributed by atoms with Crippen molar-refractivity contribution in [2.24, 2.45) is 0 Å². The van der Waals surface area contributed by atoms with E-state index in [1.165, 1.54) is 6.33 Å². The van der Waals surface area contributed by atoms with Gasteiger partial charge in [-0.1, -0.05) is 48.5 Å². The fourth-order valence-electron chi connectivity index (χ4n) is 3.40. The summed E-state index contributed by atoms with van der Waals surface area (Å²) in [6.07, 6.45) is 1.46. The van der Waals surface area contributed by atoms with Gasteiger partial charge in [-0.2, -0.15) is 10.1 Å². The molecule has 28 heavy (non-hydrogen) atoms. The molecule has 0 radical (unpaired) electrons. The van der Waals surface area contributed by atoms with E-state index in [2.05, 4.69) is 15.4 Å². The van der Waals surface area contributed by atoms with Gasteiger partial charge in [-0.05, 0) is 18.6 Å². The number of carbonyl (C=O) groups is 1. The third-order valence-electron chi connectivity index (χ3n) is 4.59. The van der Waals surface area contributed by atoms with Gasteiger partial charge in [0.15, 0.2) is 0 Å². The van der Waals surface area contributed by atoms with Crippen LogP contribution < -0.4 is 10.1 Å². The van der Waals surface area contributed by atoms with Gasteiger partial charge in [-0.15, -0.1) is 0 Å². The van der Waals surface area contributed by atoms with E-state index in [9.17, 15) is 4.79 Å². The van der Waals surface area contributed by atoms with Gasteiger partial charge >= 0.3 is 5.97 Å². The fraction of sp³-hybridized carbons (Fsp3) is 0.190. The first-order valence-electron chi connectivity index (χ1n) is 9.00. The van der Waals surface area contributed by atoms with Gasteiger partial charge in [0.2, 0.25) is 5.95 Å². The first-order chi connectivity index (χ1) is 13.7. The molecule has 0 fully saturated rings. The molecule has 1 N–H and O–H groups in total. The molecule has 7 nitrogen and oxygen atoms in total. The van der Waals surface area contributed by atoms with Crippen molar-refractivity contribution < 1.29 is 14.3 Å². The molecule has 1 aliphatic heterocycles. The number of hydrogen-bond donors (Lipinski definition) is 1. The van der Waals surface area contributed by atoms with Crippen LogP contribution in [0, 0.1) is 0 Å². The first-order valence-corrected chi connectivity index (χ1v) is 9.00. The van der Waals surface area contributed by atoms with E-state index >= 15 is 0 Å². The van der Waals surface area contributed by atoms with E-state index in [1.54, 1.807) is 18.7 Å². The van der Waals surface area contributed by atoms with E-state index in [0.29, 0.717) is 23.0 Å². The van der Waals surface area contributed by atoms with Crippen LogP contribution in [0.25, 0.3) is 5.70 Å². The highest BCUT2D eigenvalue weighted by Crippen LogP contribution is 2.41. The maximum Gasteiger partial charge on any atom is 0.338 e. The lowest BCUT2D eigenvalue weighted by Gasteiger charge is -2.30. The van der Waals surface area contributed by atoms with Crippen LogP contribution in [0.3, 0.4) is 0 Å². The van der Waals surface area contributed by atoms with Crippen LogP contribution in [0.5, 0.6) is 5.75 Å². The monoisotopic (exact) mass is 376 g/mol. The number of esters is 1. The molecule has 2 aromatic carbocycles. The molecule has 1 atom stereocenters. The number of rotatable bonds is 5. The van der Waals surface area contributed by atoms with Crippen molar-refractivity contribution in [1.29, 1.82) is 0 Å². The zero-order chi connectivity index (χ0) is 19.5. The van der Waals surface area contributed by atoms with E-state index in [0.717, 1.165) is 11.1 Å². The standard InChI is InChI=1S/C21H20N4O3/c1-3-28-20(26)17-18(14-9-5-4-6-10-14)24-21-22-13-23-25(21)19(17)15-11-7-8-12-16(15)27-2/h4-13,19H,3H2,1-2H3,(H,22,23,24)/t19-/m0/s1. The van der Waals surface area contributed by atoms with Crippen molar-refractivity contribution >= 4 is 17.6 Å². The Bertz CT molecular complexity index is 1030. The second-order valence-corrected chi connectivity index (χ2v) is 6.17. The highest BCUT2D eigenvalue weighted by atomic mass is 16.5. The lowest BCUT2D eigenvalue weighted by molar-refractivity contribution is -0.138. The normalized spacial score (nSPS) is 15.6. The second kappa shape index (κ2) is 7.56. The third kappa shape index (κ3) is 3.00. The van der Waals surface area contributed by atoms with Gasteiger partial charge in [0.1, 0.15) is 18.1 Å². The maximum atomic E-state index is 13.1. The largest absolute Gasteiger partial charge is 0.496 e. The van der Waals surface area contributed by atoms with E-state index in [-0.39, 0.29) is 6.61 Å². The number of carbonyl (C=O) groups excluding carboxylic acids is 1. The van der Waals surface area contributed by atoms with Gasteiger partial charge in [-0.25, -0.2) is 9.48 Å². The van der Waals surface area contributed by atoms with Crippen molar-refractivity contribution in [3.63, 3.8) is 0 Å². The van der Waals surface area contributed by atoms with Crippen LogP contribution >= 0.6 is 0 Å². The summed E-state index contributed by atoms with van der Waals surface area (Å²) >= 11 is 0. The summed E-state index contributed by atoms with van der Waals surface area (Å²) in [7, 11) is 1.61. The van der Waals surface area contributed by atoms with E-state index < -0.39 is 12.0 Å². The molecular weight excluding hydrogens is 356 g/mol. The van der Waals surface area contributed by atoms with Gasteiger partial charge < -0.3 is 14.8 Å². The molecule has 2 heterocycles. The molecule has 1 aromatic heterocycles. The Morgan fingerprint density at radius 3 is 2.64 bits per heavy atom. The topological polar surface area (TPSA) is 78.3 Å². The first kappa shape index (κ1) is 17.8. The van der Waals surface area contributed by atoms with E-state index in [4.69, 9.17) is 9.47 Å². The Labute approximate surface area is 162 Å². The van der Waals surface area contributed by atoms with Gasteiger partial charge in [-0.3, -0.25) is 0 Å². The number of methoxy groups -OCH3 is 1. The molecule has 0 saturated carbocycles. The van der Waals surface area contributed by atoms with Crippen LogP contribution in [-0.4, -0.2) is 34.5 Å². The average Bonchev–Trinajstić information content (AvgIpc) is 3.21. The molecular formula is C21H20N4O3. The number of nitrogens with one attached hydrogen (secondary N) is 1. The molecule has 4 rings (SSSR count). The number of anilines is 1. The van der Waals surface area contributed by atoms with Crippen LogP contribution in [0.2, 0.25) is 0 Å². The SMILES string of the molecule is CCOC(=O)C1=C(c2ccccc2)Nc2ncnn2[C@H]1c1ccccc1OC. The molecule has 3 aromatic rings. The van der Waals surface area contributed by atoms with Gasteiger partial charge in [0.25, 0.3) is 0 Å². The second-order valence-electron chi connectivity index (χ2n) is 6.17. The molecule has 0 saturated heterocycles. The number of nitrogens with zero attached hydrogens (tertiary/aromatic N) is 3.